The Kier molecular flexibility index (Phi) is 9.17. The van der Waals surface area contributed by atoms with Gasteiger partial charge in [0.2, 0.25) is 0 Å². The van der Waals surface area contributed by atoms with Gasteiger partial charge in [-0.15, -0.1) is 0 Å². The smallest absolute Gasteiger partial charge is 0.160 e. The van der Waals surface area contributed by atoms with Crippen molar-refractivity contribution in [3.63, 3.8) is 0 Å². The summed E-state index contributed by atoms with van der Waals surface area (Å²) in [7, 11) is 0. The lowest BCUT2D eigenvalue weighted by atomic mass is 9.91. The number of benzene rings is 10. The van der Waals surface area contributed by atoms with Gasteiger partial charge in [0.05, 0.1) is 27.9 Å². The molecule has 13 aromatic rings. The van der Waals surface area contributed by atoms with Gasteiger partial charge in [0.15, 0.2) is 5.82 Å². The van der Waals surface area contributed by atoms with Crippen LogP contribution in [0.5, 0.6) is 0 Å². The van der Waals surface area contributed by atoms with Crippen LogP contribution in [-0.2, 0) is 0 Å². The van der Waals surface area contributed by atoms with E-state index in [1.807, 2.05) is 12.1 Å². The minimum atomic E-state index is 0.692. The summed E-state index contributed by atoms with van der Waals surface area (Å²) in [5.41, 5.74) is 20.2. The SMILES string of the molecule is c1ccc(-c2cc(-c3cccc(-c4cccc(-c5ccc6c7cccc8c9ccccc9n(c6c5)c87)c4)c3)cc(-c3cccc(-c4nc(-c5ccccc5)cc(-c5ccccc5)n4)c3)c2)cc1. The van der Waals surface area contributed by atoms with Crippen LogP contribution < -0.4 is 0 Å². The van der Waals surface area contributed by atoms with E-state index in [0.717, 1.165) is 55.9 Å². The summed E-state index contributed by atoms with van der Waals surface area (Å²) >= 11 is 0. The van der Waals surface area contributed by atoms with Crippen molar-refractivity contribution in [2.75, 3.05) is 0 Å². The highest BCUT2D eigenvalue weighted by Crippen LogP contribution is 2.41. The third kappa shape index (κ3) is 6.84. The highest BCUT2D eigenvalue weighted by Gasteiger charge is 2.18. The molecule has 67 heavy (non-hydrogen) atoms. The molecule has 0 spiro atoms. The minimum absolute atomic E-state index is 0.692. The highest BCUT2D eigenvalue weighted by atomic mass is 14.9. The molecule has 10 aromatic carbocycles. The van der Waals surface area contributed by atoms with E-state index in [1.54, 1.807) is 0 Å². The molecule has 0 aliphatic carbocycles. The molecule has 3 heteroatoms. The van der Waals surface area contributed by atoms with Crippen molar-refractivity contribution in [3.8, 4) is 89.5 Å². The summed E-state index contributed by atoms with van der Waals surface area (Å²) in [5, 5.41) is 5.18. The van der Waals surface area contributed by atoms with E-state index in [1.165, 1.54) is 65.9 Å². The van der Waals surface area contributed by atoms with Crippen LogP contribution in [0.1, 0.15) is 0 Å². The zero-order valence-electron chi connectivity index (χ0n) is 36.5. The standard InChI is InChI=1S/C64H41N3/c1-4-16-42(17-5-1)52-37-53(39-54(38-52)49-26-14-27-51(36-49)64-65-59(43-18-6-2-7-19-43)41-60(66-64)44-20-8-3-9-21-44)48-25-13-23-46(35-48)45-22-12-24-47(34-45)50-32-33-56-58-30-15-29-57-55-28-10-11-31-61(55)67(63(57)58)62(56)40-50/h1-41H. The summed E-state index contributed by atoms with van der Waals surface area (Å²) in [6.07, 6.45) is 0. The largest absolute Gasteiger partial charge is 0.308 e. The fraction of sp³-hybridized carbons (Fsp3) is 0. The number of para-hydroxylation sites is 2. The second-order valence-electron chi connectivity index (χ2n) is 17.4. The number of hydrogen-bond donors (Lipinski definition) is 0. The van der Waals surface area contributed by atoms with E-state index in [2.05, 4.69) is 241 Å². The Morgan fingerprint density at radius 3 is 1.16 bits per heavy atom. The van der Waals surface area contributed by atoms with Gasteiger partial charge in [-0.2, -0.15) is 0 Å². The lowest BCUT2D eigenvalue weighted by molar-refractivity contribution is 1.18. The van der Waals surface area contributed by atoms with Gasteiger partial charge in [0.25, 0.3) is 0 Å². The second kappa shape index (κ2) is 16.0. The van der Waals surface area contributed by atoms with Crippen molar-refractivity contribution in [1.29, 1.82) is 0 Å². The van der Waals surface area contributed by atoms with Crippen molar-refractivity contribution >= 4 is 38.1 Å². The van der Waals surface area contributed by atoms with Crippen LogP contribution in [0.2, 0.25) is 0 Å². The topological polar surface area (TPSA) is 30.2 Å². The van der Waals surface area contributed by atoms with Crippen molar-refractivity contribution in [2.45, 2.75) is 0 Å². The van der Waals surface area contributed by atoms with Crippen molar-refractivity contribution in [2.24, 2.45) is 0 Å². The Hall–Kier alpha value is -8.92. The third-order valence-electron chi connectivity index (χ3n) is 13.3. The van der Waals surface area contributed by atoms with Crippen molar-refractivity contribution in [1.82, 2.24) is 14.4 Å². The molecule has 0 aliphatic heterocycles. The quantitative estimate of drug-likeness (QED) is 0.152. The molecule has 0 radical (unpaired) electrons. The first-order valence-corrected chi connectivity index (χ1v) is 22.9. The van der Waals surface area contributed by atoms with Crippen LogP contribution in [0, 0.1) is 0 Å². The van der Waals surface area contributed by atoms with E-state index in [4.69, 9.17) is 9.97 Å². The normalized spacial score (nSPS) is 11.6. The molecule has 312 valence electrons. The summed E-state index contributed by atoms with van der Waals surface area (Å²) in [4.78, 5) is 10.3. The number of rotatable bonds is 8. The molecule has 0 aliphatic rings. The lowest BCUT2D eigenvalue weighted by Crippen LogP contribution is -1.96. The summed E-state index contributed by atoms with van der Waals surface area (Å²) < 4.78 is 2.46. The fourth-order valence-electron chi connectivity index (χ4n) is 10.1. The Labute approximate surface area is 388 Å². The molecule has 0 saturated heterocycles. The number of nitrogens with zero attached hydrogens (tertiary/aromatic N) is 3. The van der Waals surface area contributed by atoms with Gasteiger partial charge in [-0.1, -0.05) is 194 Å². The minimum Gasteiger partial charge on any atom is -0.308 e. The van der Waals surface area contributed by atoms with Gasteiger partial charge in [0.1, 0.15) is 0 Å². The van der Waals surface area contributed by atoms with E-state index in [9.17, 15) is 0 Å². The third-order valence-corrected chi connectivity index (χ3v) is 13.3. The van der Waals surface area contributed by atoms with Gasteiger partial charge in [-0.25, -0.2) is 9.97 Å². The Balaban J connectivity index is 0.890. The molecule has 0 amide bonds. The van der Waals surface area contributed by atoms with Gasteiger partial charge in [0, 0.05) is 38.2 Å². The maximum absolute atomic E-state index is 5.16. The maximum Gasteiger partial charge on any atom is 0.160 e. The Morgan fingerprint density at radius 1 is 0.224 bits per heavy atom. The number of aromatic nitrogens is 3. The molecule has 0 fully saturated rings. The van der Waals surface area contributed by atoms with Crippen LogP contribution in [0.3, 0.4) is 0 Å². The van der Waals surface area contributed by atoms with Crippen LogP contribution in [0.4, 0.5) is 0 Å². The first-order chi connectivity index (χ1) is 33.2. The summed E-state index contributed by atoms with van der Waals surface area (Å²) in [6, 6.07) is 89.4. The monoisotopic (exact) mass is 851 g/mol. The van der Waals surface area contributed by atoms with E-state index >= 15 is 0 Å². The fourth-order valence-corrected chi connectivity index (χ4v) is 10.1. The van der Waals surface area contributed by atoms with Gasteiger partial charge in [-0.05, 0) is 110 Å². The molecular formula is C64H41N3. The highest BCUT2D eigenvalue weighted by molar-refractivity contribution is 6.23. The summed E-state index contributed by atoms with van der Waals surface area (Å²) in [5.74, 6) is 0.692. The van der Waals surface area contributed by atoms with E-state index in [-0.39, 0.29) is 0 Å². The molecular weight excluding hydrogens is 811 g/mol. The molecule has 0 unspecified atom stereocenters. The van der Waals surface area contributed by atoms with Gasteiger partial charge >= 0.3 is 0 Å². The van der Waals surface area contributed by atoms with Crippen LogP contribution in [-0.4, -0.2) is 14.4 Å². The average molecular weight is 852 g/mol. The molecule has 0 saturated carbocycles. The van der Waals surface area contributed by atoms with Crippen LogP contribution in [0.25, 0.3) is 128 Å². The summed E-state index contributed by atoms with van der Waals surface area (Å²) in [6.45, 7) is 0. The van der Waals surface area contributed by atoms with E-state index in [0.29, 0.717) is 5.82 Å². The lowest BCUT2D eigenvalue weighted by Gasteiger charge is -2.14. The molecule has 13 rings (SSSR count). The maximum atomic E-state index is 5.16. The second-order valence-corrected chi connectivity index (χ2v) is 17.4. The zero-order chi connectivity index (χ0) is 44.3. The Morgan fingerprint density at radius 2 is 0.597 bits per heavy atom. The predicted molar refractivity (Wildman–Crippen MR) is 280 cm³/mol. The first-order valence-electron chi connectivity index (χ1n) is 22.9. The molecule has 0 N–H and O–H groups in total. The molecule has 3 heterocycles. The van der Waals surface area contributed by atoms with Crippen molar-refractivity contribution in [3.05, 3.63) is 249 Å². The molecule has 3 nitrogen and oxygen atoms in total. The van der Waals surface area contributed by atoms with Gasteiger partial charge in [-0.3, -0.25) is 0 Å². The average Bonchev–Trinajstić information content (AvgIpc) is 3.94. The first kappa shape index (κ1) is 38.5. The molecule has 0 bridgehead atoms. The Bertz CT molecular complexity index is 3910. The van der Waals surface area contributed by atoms with Crippen LogP contribution in [0.15, 0.2) is 249 Å². The number of fused-ring (bicyclic) bond motifs is 6. The van der Waals surface area contributed by atoms with E-state index < -0.39 is 0 Å². The van der Waals surface area contributed by atoms with Gasteiger partial charge < -0.3 is 4.40 Å². The number of hydrogen-bond acceptors (Lipinski definition) is 2. The molecule has 3 aromatic heterocycles. The van der Waals surface area contributed by atoms with Crippen molar-refractivity contribution < 1.29 is 0 Å². The molecule has 0 atom stereocenters. The van der Waals surface area contributed by atoms with Crippen LogP contribution >= 0.6 is 0 Å². The predicted octanol–water partition coefficient (Wildman–Crippen LogP) is 17.0. The zero-order valence-corrected chi connectivity index (χ0v) is 36.5.